The van der Waals surface area contributed by atoms with Gasteiger partial charge in [0.05, 0.1) is 6.20 Å². The van der Waals surface area contributed by atoms with E-state index in [2.05, 4.69) is 35.5 Å². The summed E-state index contributed by atoms with van der Waals surface area (Å²) in [6, 6.07) is 4.32. The Morgan fingerprint density at radius 2 is 2.00 bits per heavy atom. The molecule has 1 aromatic heterocycles. The second-order valence-corrected chi connectivity index (χ2v) is 3.49. The van der Waals surface area contributed by atoms with E-state index in [1.54, 1.807) is 0 Å². The van der Waals surface area contributed by atoms with Crippen molar-refractivity contribution in [3.05, 3.63) is 35.7 Å². The average molecular weight is 173 g/mol. The van der Waals surface area contributed by atoms with Gasteiger partial charge in [-0.1, -0.05) is 6.07 Å². The number of nitrogens with zero attached hydrogens (tertiary/aromatic N) is 2. The van der Waals surface area contributed by atoms with Crippen molar-refractivity contribution in [1.29, 1.82) is 0 Å². The van der Waals surface area contributed by atoms with Crippen molar-refractivity contribution < 1.29 is 4.57 Å². The van der Waals surface area contributed by atoms with Gasteiger partial charge >= 0.3 is 0 Å². The fourth-order valence-corrected chi connectivity index (χ4v) is 1.66. The summed E-state index contributed by atoms with van der Waals surface area (Å²) >= 11 is 0. The highest BCUT2D eigenvalue weighted by molar-refractivity contribution is 5.75. The van der Waals surface area contributed by atoms with Crippen LogP contribution in [0.1, 0.15) is 11.1 Å². The Bertz CT molecular complexity index is 461. The van der Waals surface area contributed by atoms with Crippen molar-refractivity contribution in [2.24, 2.45) is 7.05 Å². The van der Waals surface area contributed by atoms with Crippen molar-refractivity contribution in [3.8, 4) is 0 Å². The summed E-state index contributed by atoms with van der Waals surface area (Å²) in [5.74, 6) is 0. The standard InChI is InChI=1S/C11H13N2/c1-8-6-9(2)11-10(7-8)13(3)5-4-12-11/h4-7H,1-3H3/q+1. The predicted octanol–water partition coefficient (Wildman–Crippen LogP) is 1.68. The van der Waals surface area contributed by atoms with Crippen LogP contribution in [0.5, 0.6) is 0 Å². The molecule has 0 atom stereocenters. The highest BCUT2D eigenvalue weighted by Crippen LogP contribution is 2.14. The van der Waals surface area contributed by atoms with E-state index < -0.39 is 0 Å². The summed E-state index contributed by atoms with van der Waals surface area (Å²) in [7, 11) is 2.04. The third kappa shape index (κ3) is 1.28. The van der Waals surface area contributed by atoms with E-state index in [0.717, 1.165) is 5.52 Å². The van der Waals surface area contributed by atoms with E-state index in [0.29, 0.717) is 0 Å². The molecule has 66 valence electrons. The molecule has 1 heterocycles. The molecular weight excluding hydrogens is 160 g/mol. The van der Waals surface area contributed by atoms with Gasteiger partial charge in [-0.15, -0.1) is 0 Å². The lowest BCUT2D eigenvalue weighted by Gasteiger charge is -2.00. The fraction of sp³-hybridized carbons (Fsp3) is 0.273. The molecule has 13 heavy (non-hydrogen) atoms. The first-order valence-electron chi connectivity index (χ1n) is 4.40. The van der Waals surface area contributed by atoms with E-state index in [9.17, 15) is 0 Å². The van der Waals surface area contributed by atoms with Crippen LogP contribution in [0.15, 0.2) is 24.5 Å². The first-order valence-corrected chi connectivity index (χ1v) is 4.40. The molecular formula is C11H13N2+. The second kappa shape index (κ2) is 2.80. The molecule has 0 fully saturated rings. The van der Waals surface area contributed by atoms with Gasteiger partial charge in [0.1, 0.15) is 12.6 Å². The van der Waals surface area contributed by atoms with E-state index in [4.69, 9.17) is 0 Å². The molecule has 0 saturated carbocycles. The van der Waals surface area contributed by atoms with Gasteiger partial charge in [-0.25, -0.2) is 4.98 Å². The number of hydrogen-bond donors (Lipinski definition) is 0. The van der Waals surface area contributed by atoms with Crippen LogP contribution in [0.25, 0.3) is 11.0 Å². The molecule has 0 aliphatic heterocycles. The maximum absolute atomic E-state index is 4.36. The quantitative estimate of drug-likeness (QED) is 0.554. The smallest absolute Gasteiger partial charge is 0.231 e. The van der Waals surface area contributed by atoms with Crippen molar-refractivity contribution in [2.45, 2.75) is 13.8 Å². The molecule has 0 aliphatic rings. The first kappa shape index (κ1) is 8.17. The Kier molecular flexibility index (Phi) is 1.76. The second-order valence-electron chi connectivity index (χ2n) is 3.49. The highest BCUT2D eigenvalue weighted by Gasteiger charge is 2.07. The summed E-state index contributed by atoms with van der Waals surface area (Å²) in [5.41, 5.74) is 4.82. The molecule has 0 bridgehead atoms. The van der Waals surface area contributed by atoms with Crippen LogP contribution in [-0.2, 0) is 7.05 Å². The topological polar surface area (TPSA) is 16.8 Å². The molecule has 0 radical (unpaired) electrons. The summed E-state index contributed by atoms with van der Waals surface area (Å²) in [6.45, 7) is 4.21. The average Bonchev–Trinajstić information content (AvgIpc) is 2.07. The number of aryl methyl sites for hydroxylation is 3. The number of hydrogen-bond acceptors (Lipinski definition) is 1. The summed E-state index contributed by atoms with van der Waals surface area (Å²) in [6.07, 6.45) is 3.81. The summed E-state index contributed by atoms with van der Waals surface area (Å²) in [4.78, 5) is 4.36. The van der Waals surface area contributed by atoms with Gasteiger partial charge in [-0.3, -0.25) is 0 Å². The third-order valence-corrected chi connectivity index (χ3v) is 2.30. The monoisotopic (exact) mass is 173 g/mol. The molecule has 1 aromatic carbocycles. The zero-order chi connectivity index (χ0) is 9.42. The predicted molar refractivity (Wildman–Crippen MR) is 52.4 cm³/mol. The molecule has 2 nitrogen and oxygen atoms in total. The third-order valence-electron chi connectivity index (χ3n) is 2.30. The zero-order valence-corrected chi connectivity index (χ0v) is 8.20. The lowest BCUT2D eigenvalue weighted by Crippen LogP contribution is -2.28. The van der Waals surface area contributed by atoms with Gasteiger partial charge in [0.2, 0.25) is 5.52 Å². The van der Waals surface area contributed by atoms with Crippen molar-refractivity contribution in [1.82, 2.24) is 4.98 Å². The summed E-state index contributed by atoms with van der Waals surface area (Å²) < 4.78 is 2.10. The highest BCUT2D eigenvalue weighted by atomic mass is 14.9. The number of benzene rings is 1. The van der Waals surface area contributed by atoms with Crippen LogP contribution >= 0.6 is 0 Å². The summed E-state index contributed by atoms with van der Waals surface area (Å²) in [5, 5.41) is 0. The lowest BCUT2D eigenvalue weighted by molar-refractivity contribution is -0.645. The molecule has 2 rings (SSSR count). The normalized spacial score (nSPS) is 10.7. The molecule has 2 heteroatoms. The van der Waals surface area contributed by atoms with Gasteiger partial charge < -0.3 is 0 Å². The van der Waals surface area contributed by atoms with Gasteiger partial charge in [-0.2, -0.15) is 4.57 Å². The van der Waals surface area contributed by atoms with Crippen molar-refractivity contribution >= 4 is 11.0 Å². The van der Waals surface area contributed by atoms with Crippen LogP contribution in [0.4, 0.5) is 0 Å². The number of rotatable bonds is 0. The van der Waals surface area contributed by atoms with Crippen molar-refractivity contribution in [3.63, 3.8) is 0 Å². The van der Waals surface area contributed by atoms with Crippen molar-refractivity contribution in [2.75, 3.05) is 0 Å². The molecule has 0 aliphatic carbocycles. The van der Waals surface area contributed by atoms with Crippen LogP contribution in [-0.4, -0.2) is 4.98 Å². The molecule has 0 spiro atoms. The Labute approximate surface area is 77.9 Å². The minimum absolute atomic E-state index is 1.09. The minimum atomic E-state index is 1.09. The lowest BCUT2D eigenvalue weighted by atomic mass is 10.1. The molecule has 0 N–H and O–H groups in total. The van der Waals surface area contributed by atoms with E-state index in [-0.39, 0.29) is 0 Å². The van der Waals surface area contributed by atoms with Crippen LogP contribution in [0, 0.1) is 13.8 Å². The Morgan fingerprint density at radius 3 is 2.77 bits per heavy atom. The van der Waals surface area contributed by atoms with Gasteiger partial charge in [-0.05, 0) is 25.0 Å². The maximum atomic E-state index is 4.36. The van der Waals surface area contributed by atoms with Gasteiger partial charge in [0.15, 0.2) is 6.20 Å². The SMILES string of the molecule is Cc1cc(C)c2ncc[n+](C)c2c1. The molecule has 0 amide bonds. The van der Waals surface area contributed by atoms with E-state index >= 15 is 0 Å². The first-order chi connectivity index (χ1) is 6.18. The zero-order valence-electron chi connectivity index (χ0n) is 8.20. The fourth-order valence-electron chi connectivity index (χ4n) is 1.66. The Morgan fingerprint density at radius 1 is 1.23 bits per heavy atom. The number of aromatic nitrogens is 2. The Balaban J connectivity index is 2.94. The minimum Gasteiger partial charge on any atom is -0.243 e. The van der Waals surface area contributed by atoms with Crippen LogP contribution < -0.4 is 4.57 Å². The Hall–Kier alpha value is -1.44. The van der Waals surface area contributed by atoms with E-state index in [1.165, 1.54) is 16.6 Å². The molecule has 2 aromatic rings. The van der Waals surface area contributed by atoms with E-state index in [1.807, 2.05) is 19.4 Å². The van der Waals surface area contributed by atoms with Gasteiger partial charge in [0, 0.05) is 6.07 Å². The number of fused-ring (bicyclic) bond motifs is 1. The molecule has 0 saturated heterocycles. The van der Waals surface area contributed by atoms with Gasteiger partial charge in [0.25, 0.3) is 0 Å². The van der Waals surface area contributed by atoms with Crippen LogP contribution in [0.3, 0.4) is 0 Å². The molecule has 0 unspecified atom stereocenters. The van der Waals surface area contributed by atoms with Crippen LogP contribution in [0.2, 0.25) is 0 Å². The largest absolute Gasteiger partial charge is 0.243 e. The maximum Gasteiger partial charge on any atom is 0.231 e.